The summed E-state index contributed by atoms with van der Waals surface area (Å²) in [5.41, 5.74) is 3.26. The summed E-state index contributed by atoms with van der Waals surface area (Å²) in [6.45, 7) is 0. The van der Waals surface area contributed by atoms with E-state index in [9.17, 15) is 4.79 Å². The molecular weight excluding hydrogens is 260 g/mol. The molecule has 0 unspecified atom stereocenters. The van der Waals surface area contributed by atoms with E-state index in [0.29, 0.717) is 17.2 Å². The van der Waals surface area contributed by atoms with E-state index in [1.807, 2.05) is 0 Å². The molecule has 1 aliphatic rings. The Labute approximate surface area is 117 Å². The molecule has 6 nitrogen and oxygen atoms in total. The fourth-order valence-corrected chi connectivity index (χ4v) is 1.78. The Hall–Kier alpha value is -2.24. The zero-order valence-electron chi connectivity index (χ0n) is 11.8. The average Bonchev–Trinajstić information content (AvgIpc) is 3.30. The summed E-state index contributed by atoms with van der Waals surface area (Å²) >= 11 is 0. The standard InChI is InChI=1S/C14H18N2O4/c1-18-11-6-9(7-12(19-2)13(11)20-3)8-15-16-14(17)10-4-5-10/h6-8,10H,4-5H2,1-3H3,(H,16,17)/b15-8-. The lowest BCUT2D eigenvalue weighted by atomic mass is 10.2. The smallest absolute Gasteiger partial charge is 0.243 e. The summed E-state index contributed by atoms with van der Waals surface area (Å²) in [7, 11) is 4.64. The molecule has 0 bridgehead atoms. The largest absolute Gasteiger partial charge is 0.493 e. The minimum absolute atomic E-state index is 0.0336. The molecule has 20 heavy (non-hydrogen) atoms. The SMILES string of the molecule is COc1cc(/C=N\NC(=O)C2CC2)cc(OC)c1OC. The van der Waals surface area contributed by atoms with Crippen LogP contribution in [-0.4, -0.2) is 33.5 Å². The number of hydrogen-bond donors (Lipinski definition) is 1. The van der Waals surface area contributed by atoms with Crippen molar-refractivity contribution in [2.75, 3.05) is 21.3 Å². The van der Waals surface area contributed by atoms with Gasteiger partial charge in [-0.05, 0) is 25.0 Å². The lowest BCUT2D eigenvalue weighted by Gasteiger charge is -2.12. The van der Waals surface area contributed by atoms with Crippen molar-refractivity contribution in [1.29, 1.82) is 0 Å². The number of amides is 1. The van der Waals surface area contributed by atoms with Crippen molar-refractivity contribution in [1.82, 2.24) is 5.43 Å². The number of nitrogens with one attached hydrogen (secondary N) is 1. The molecule has 1 N–H and O–H groups in total. The van der Waals surface area contributed by atoms with E-state index in [1.54, 1.807) is 39.7 Å². The lowest BCUT2D eigenvalue weighted by molar-refractivity contribution is -0.122. The van der Waals surface area contributed by atoms with Gasteiger partial charge < -0.3 is 14.2 Å². The first-order valence-corrected chi connectivity index (χ1v) is 6.32. The van der Waals surface area contributed by atoms with Crippen LogP contribution >= 0.6 is 0 Å². The summed E-state index contributed by atoms with van der Waals surface area (Å²) in [6, 6.07) is 3.52. The van der Waals surface area contributed by atoms with Crippen LogP contribution in [0.15, 0.2) is 17.2 Å². The zero-order valence-corrected chi connectivity index (χ0v) is 11.8. The Kier molecular flexibility index (Phi) is 4.45. The van der Waals surface area contributed by atoms with Crippen molar-refractivity contribution in [2.24, 2.45) is 11.0 Å². The van der Waals surface area contributed by atoms with Crippen LogP contribution in [0.4, 0.5) is 0 Å². The van der Waals surface area contributed by atoms with Gasteiger partial charge >= 0.3 is 0 Å². The molecule has 1 saturated carbocycles. The van der Waals surface area contributed by atoms with Crippen molar-refractivity contribution >= 4 is 12.1 Å². The molecule has 0 aliphatic heterocycles. The van der Waals surface area contributed by atoms with Gasteiger partial charge in [0.1, 0.15) is 0 Å². The first kappa shape index (κ1) is 14.2. The molecule has 1 aromatic rings. The Morgan fingerprint density at radius 2 is 1.80 bits per heavy atom. The zero-order chi connectivity index (χ0) is 14.5. The number of carbonyl (C=O) groups is 1. The normalized spacial score (nSPS) is 14.2. The van der Waals surface area contributed by atoms with Crippen molar-refractivity contribution in [2.45, 2.75) is 12.8 Å². The van der Waals surface area contributed by atoms with Crippen LogP contribution in [-0.2, 0) is 4.79 Å². The summed E-state index contributed by atoms with van der Waals surface area (Å²) in [4.78, 5) is 11.4. The van der Waals surface area contributed by atoms with E-state index in [2.05, 4.69) is 10.5 Å². The molecule has 0 aromatic heterocycles. The van der Waals surface area contributed by atoms with Crippen molar-refractivity contribution in [3.05, 3.63) is 17.7 Å². The fraction of sp³-hybridized carbons (Fsp3) is 0.429. The van der Waals surface area contributed by atoms with Crippen LogP contribution in [0.25, 0.3) is 0 Å². The molecule has 1 aromatic carbocycles. The summed E-state index contributed by atoms with van der Waals surface area (Å²) < 4.78 is 15.7. The average molecular weight is 278 g/mol. The van der Waals surface area contributed by atoms with Crippen LogP contribution in [0.2, 0.25) is 0 Å². The second-order valence-electron chi connectivity index (χ2n) is 4.47. The quantitative estimate of drug-likeness (QED) is 0.633. The number of hydrogen-bond acceptors (Lipinski definition) is 5. The van der Waals surface area contributed by atoms with E-state index >= 15 is 0 Å². The van der Waals surface area contributed by atoms with Gasteiger partial charge in [-0.2, -0.15) is 5.10 Å². The summed E-state index contributed by atoms with van der Waals surface area (Å²) in [5, 5.41) is 3.93. The predicted molar refractivity (Wildman–Crippen MR) is 74.6 cm³/mol. The Balaban J connectivity index is 2.14. The van der Waals surface area contributed by atoms with E-state index in [0.717, 1.165) is 18.4 Å². The summed E-state index contributed by atoms with van der Waals surface area (Å²) in [5.74, 6) is 1.71. The molecule has 0 heterocycles. The van der Waals surface area contributed by atoms with Crippen LogP contribution in [0.1, 0.15) is 18.4 Å². The second-order valence-corrected chi connectivity index (χ2v) is 4.47. The van der Waals surface area contributed by atoms with Crippen LogP contribution < -0.4 is 19.6 Å². The van der Waals surface area contributed by atoms with Gasteiger partial charge in [-0.1, -0.05) is 0 Å². The molecule has 6 heteroatoms. The highest BCUT2D eigenvalue weighted by Gasteiger charge is 2.29. The van der Waals surface area contributed by atoms with E-state index in [4.69, 9.17) is 14.2 Å². The topological polar surface area (TPSA) is 69.2 Å². The molecular formula is C14H18N2O4. The van der Waals surface area contributed by atoms with E-state index in [-0.39, 0.29) is 11.8 Å². The van der Waals surface area contributed by atoms with Gasteiger partial charge in [0, 0.05) is 11.5 Å². The van der Waals surface area contributed by atoms with Crippen LogP contribution in [0, 0.1) is 5.92 Å². The minimum atomic E-state index is -0.0336. The fourth-order valence-electron chi connectivity index (χ4n) is 1.78. The number of rotatable bonds is 6. The van der Waals surface area contributed by atoms with Gasteiger partial charge in [-0.15, -0.1) is 0 Å². The van der Waals surface area contributed by atoms with Crippen molar-refractivity contribution in [3.63, 3.8) is 0 Å². The predicted octanol–water partition coefficient (Wildman–Crippen LogP) is 1.57. The van der Waals surface area contributed by atoms with Gasteiger partial charge in [-0.3, -0.25) is 4.79 Å². The lowest BCUT2D eigenvalue weighted by Crippen LogP contribution is -2.18. The highest BCUT2D eigenvalue weighted by Crippen LogP contribution is 2.37. The molecule has 0 spiro atoms. The molecule has 1 aliphatic carbocycles. The molecule has 0 saturated heterocycles. The van der Waals surface area contributed by atoms with Gasteiger partial charge in [0.15, 0.2) is 11.5 Å². The number of methoxy groups -OCH3 is 3. The maximum atomic E-state index is 11.4. The monoisotopic (exact) mass is 278 g/mol. The van der Waals surface area contributed by atoms with Gasteiger partial charge in [0.2, 0.25) is 11.7 Å². The van der Waals surface area contributed by atoms with Crippen LogP contribution in [0.3, 0.4) is 0 Å². The maximum absolute atomic E-state index is 11.4. The third-order valence-electron chi connectivity index (χ3n) is 3.02. The minimum Gasteiger partial charge on any atom is -0.493 e. The van der Waals surface area contributed by atoms with Crippen molar-refractivity contribution < 1.29 is 19.0 Å². The first-order valence-electron chi connectivity index (χ1n) is 6.32. The molecule has 1 fully saturated rings. The number of hydrazone groups is 1. The van der Waals surface area contributed by atoms with Gasteiger partial charge in [0.25, 0.3) is 0 Å². The molecule has 0 atom stereocenters. The number of benzene rings is 1. The highest BCUT2D eigenvalue weighted by molar-refractivity contribution is 5.85. The first-order chi connectivity index (χ1) is 9.69. The Morgan fingerprint density at radius 1 is 1.20 bits per heavy atom. The molecule has 1 amide bonds. The number of nitrogens with zero attached hydrogens (tertiary/aromatic N) is 1. The highest BCUT2D eigenvalue weighted by atomic mass is 16.5. The third-order valence-corrected chi connectivity index (χ3v) is 3.02. The molecule has 108 valence electrons. The van der Waals surface area contributed by atoms with E-state index in [1.165, 1.54) is 0 Å². The van der Waals surface area contributed by atoms with Crippen LogP contribution in [0.5, 0.6) is 17.2 Å². The third kappa shape index (κ3) is 3.20. The second kappa shape index (κ2) is 6.27. The summed E-state index contributed by atoms with van der Waals surface area (Å²) in [6.07, 6.45) is 3.45. The molecule has 2 rings (SSSR count). The van der Waals surface area contributed by atoms with Crippen molar-refractivity contribution in [3.8, 4) is 17.2 Å². The van der Waals surface area contributed by atoms with Gasteiger partial charge in [-0.25, -0.2) is 5.43 Å². The number of ether oxygens (including phenoxy) is 3. The Morgan fingerprint density at radius 3 is 2.25 bits per heavy atom. The maximum Gasteiger partial charge on any atom is 0.243 e. The number of carbonyl (C=O) groups excluding carboxylic acids is 1. The Bertz CT molecular complexity index is 499. The molecule has 0 radical (unpaired) electrons. The van der Waals surface area contributed by atoms with E-state index < -0.39 is 0 Å². The van der Waals surface area contributed by atoms with Gasteiger partial charge in [0.05, 0.1) is 27.5 Å².